The second-order valence-electron chi connectivity index (χ2n) is 10.5. The molecular weight excluding hydrogens is 498 g/mol. The minimum atomic E-state index is -6.09. The maximum Gasteiger partial charge on any atom is 0.485 e. The SMILES string of the molecule is Cc1cc(C)c(B(c2ccccc2[N+](C)(C)C)c2c(C)cc(C)cc2C)c(C)c1.O=S(=O)([O-])C(F)(F)F. The summed E-state index contributed by atoms with van der Waals surface area (Å²) in [5, 5.41) is 0. The summed E-state index contributed by atoms with van der Waals surface area (Å²) in [6.07, 6.45) is 0. The van der Waals surface area contributed by atoms with E-state index in [1.54, 1.807) is 0 Å². The summed E-state index contributed by atoms with van der Waals surface area (Å²) in [6, 6.07) is 18.3. The molecule has 0 amide bonds. The van der Waals surface area contributed by atoms with Gasteiger partial charge in [-0.2, -0.15) is 13.2 Å². The minimum absolute atomic E-state index is 0.227. The molecule has 0 unspecified atom stereocenters. The normalized spacial score (nSPS) is 12.1. The number of benzene rings is 3. The Hall–Kier alpha value is -2.62. The first-order valence-electron chi connectivity index (χ1n) is 11.8. The largest absolute Gasteiger partial charge is 0.741 e. The molecule has 0 aliphatic rings. The van der Waals surface area contributed by atoms with Crippen LogP contribution in [0.25, 0.3) is 0 Å². The van der Waals surface area contributed by atoms with Gasteiger partial charge in [-0.25, -0.2) is 8.42 Å². The molecular formula is C28H35BF3NO3S. The number of hydrogen-bond acceptors (Lipinski definition) is 3. The van der Waals surface area contributed by atoms with E-state index < -0.39 is 15.6 Å². The molecule has 0 atom stereocenters. The van der Waals surface area contributed by atoms with Crippen LogP contribution in [-0.4, -0.2) is 46.3 Å². The van der Waals surface area contributed by atoms with Crippen molar-refractivity contribution in [2.24, 2.45) is 0 Å². The zero-order valence-corrected chi connectivity index (χ0v) is 23.7. The molecule has 0 spiro atoms. The van der Waals surface area contributed by atoms with E-state index in [0.717, 1.165) is 4.48 Å². The first-order valence-corrected chi connectivity index (χ1v) is 13.2. The lowest BCUT2D eigenvalue weighted by Gasteiger charge is -2.31. The van der Waals surface area contributed by atoms with Crippen molar-refractivity contribution in [2.45, 2.75) is 47.1 Å². The fourth-order valence-corrected chi connectivity index (χ4v) is 5.09. The molecule has 9 heteroatoms. The highest BCUT2D eigenvalue weighted by Gasteiger charge is 2.37. The van der Waals surface area contributed by atoms with Crippen LogP contribution < -0.4 is 20.9 Å². The maximum atomic E-state index is 10.7. The molecule has 0 aromatic heterocycles. The quantitative estimate of drug-likeness (QED) is 0.218. The van der Waals surface area contributed by atoms with E-state index in [-0.39, 0.29) is 6.71 Å². The molecule has 0 bridgehead atoms. The lowest BCUT2D eigenvalue weighted by molar-refractivity contribution is -0.0517. The summed E-state index contributed by atoms with van der Waals surface area (Å²) in [5.41, 5.74) is 8.21. The number of para-hydroxylation sites is 1. The summed E-state index contributed by atoms with van der Waals surface area (Å²) in [4.78, 5) is 0. The number of rotatable bonds is 4. The van der Waals surface area contributed by atoms with Gasteiger partial charge in [0.2, 0.25) is 6.71 Å². The van der Waals surface area contributed by atoms with Crippen LogP contribution in [0.1, 0.15) is 33.4 Å². The van der Waals surface area contributed by atoms with Gasteiger partial charge in [0.1, 0.15) is 5.69 Å². The third-order valence-electron chi connectivity index (χ3n) is 6.31. The Morgan fingerprint density at radius 3 is 1.35 bits per heavy atom. The second-order valence-corrected chi connectivity index (χ2v) is 11.9. The van der Waals surface area contributed by atoms with Crippen LogP contribution in [0.15, 0.2) is 48.5 Å². The van der Waals surface area contributed by atoms with Gasteiger partial charge in [-0.3, -0.25) is 4.48 Å². The Kier molecular flexibility index (Phi) is 9.11. The van der Waals surface area contributed by atoms with Crippen LogP contribution in [0.4, 0.5) is 18.9 Å². The Balaban J connectivity index is 0.000000521. The third-order valence-corrected chi connectivity index (χ3v) is 6.87. The molecule has 200 valence electrons. The van der Waals surface area contributed by atoms with Crippen molar-refractivity contribution in [1.82, 2.24) is 4.48 Å². The van der Waals surface area contributed by atoms with Gasteiger partial charge in [-0.05, 0) is 53.1 Å². The fraction of sp³-hybridized carbons (Fsp3) is 0.357. The van der Waals surface area contributed by atoms with Crippen molar-refractivity contribution in [3.05, 3.63) is 81.9 Å². The number of alkyl halides is 3. The summed E-state index contributed by atoms with van der Waals surface area (Å²) >= 11 is 0. The van der Waals surface area contributed by atoms with Crippen molar-refractivity contribution in [2.75, 3.05) is 21.1 Å². The standard InChI is InChI=1S/C27H35BN.CHF3O3S/c1-18-14-20(3)26(21(4)15-18)28(27-22(5)16-19(2)17-23(27)6)24-12-10-11-13-25(24)29(7,8)9;2-1(3,4)8(5,6)7/h10-17H,1-9H3;(H,5,6,7)/q+1;/p-1. The molecule has 0 heterocycles. The predicted octanol–water partition coefficient (Wildman–Crippen LogP) is 4.30. The number of nitrogens with zero attached hydrogens (tertiary/aromatic N) is 1. The smallest absolute Gasteiger partial charge is 0.485 e. The van der Waals surface area contributed by atoms with Gasteiger partial charge in [-0.15, -0.1) is 0 Å². The van der Waals surface area contributed by atoms with Crippen LogP contribution >= 0.6 is 0 Å². The molecule has 0 saturated carbocycles. The van der Waals surface area contributed by atoms with E-state index in [2.05, 4.69) is 111 Å². The number of quaternary nitrogens is 1. The Morgan fingerprint density at radius 1 is 0.730 bits per heavy atom. The number of hydrogen-bond donors (Lipinski definition) is 0. The van der Waals surface area contributed by atoms with E-state index in [4.69, 9.17) is 13.0 Å². The summed E-state index contributed by atoms with van der Waals surface area (Å²) < 4.78 is 59.7. The van der Waals surface area contributed by atoms with Gasteiger partial charge in [0.05, 0.1) is 21.1 Å². The molecule has 0 aliphatic heterocycles. The molecule has 3 aromatic carbocycles. The van der Waals surface area contributed by atoms with Gasteiger partial charge in [-0.1, -0.05) is 86.8 Å². The first kappa shape index (κ1) is 30.6. The fourth-order valence-electron chi connectivity index (χ4n) is 5.09. The first-order chi connectivity index (χ1) is 16.8. The van der Waals surface area contributed by atoms with Crippen LogP contribution in [0.3, 0.4) is 0 Å². The van der Waals surface area contributed by atoms with E-state index in [9.17, 15) is 13.2 Å². The molecule has 3 aromatic rings. The molecule has 0 radical (unpaired) electrons. The monoisotopic (exact) mass is 533 g/mol. The van der Waals surface area contributed by atoms with Crippen LogP contribution in [0, 0.1) is 41.5 Å². The molecule has 0 aliphatic carbocycles. The van der Waals surface area contributed by atoms with Crippen molar-refractivity contribution in [1.29, 1.82) is 0 Å². The summed E-state index contributed by atoms with van der Waals surface area (Å²) in [6.45, 7) is 13.7. The predicted molar refractivity (Wildman–Crippen MR) is 148 cm³/mol. The van der Waals surface area contributed by atoms with Crippen LogP contribution in [0.5, 0.6) is 0 Å². The topological polar surface area (TPSA) is 57.2 Å². The molecule has 0 fully saturated rings. The Bertz CT molecular complexity index is 1290. The van der Waals surface area contributed by atoms with E-state index in [1.807, 2.05) is 0 Å². The van der Waals surface area contributed by atoms with Gasteiger partial charge in [0.25, 0.3) is 0 Å². The molecule has 4 nitrogen and oxygen atoms in total. The Morgan fingerprint density at radius 2 is 1.05 bits per heavy atom. The average Bonchev–Trinajstić information content (AvgIpc) is 2.69. The van der Waals surface area contributed by atoms with Gasteiger partial charge in [0, 0.05) is 0 Å². The van der Waals surface area contributed by atoms with Crippen LogP contribution in [0.2, 0.25) is 0 Å². The van der Waals surface area contributed by atoms with Crippen molar-refractivity contribution in [3.63, 3.8) is 0 Å². The number of halogens is 3. The minimum Gasteiger partial charge on any atom is -0.741 e. The lowest BCUT2D eigenvalue weighted by Crippen LogP contribution is -2.58. The second kappa shape index (κ2) is 11.0. The zero-order chi connectivity index (χ0) is 28.5. The van der Waals surface area contributed by atoms with Crippen molar-refractivity contribution < 1.29 is 26.1 Å². The molecule has 37 heavy (non-hydrogen) atoms. The average molecular weight is 533 g/mol. The molecule has 3 rings (SSSR count). The highest BCUT2D eigenvalue weighted by Crippen LogP contribution is 2.21. The Labute approximate surface area is 219 Å². The maximum absolute atomic E-state index is 10.7. The van der Waals surface area contributed by atoms with E-state index in [1.165, 1.54) is 55.5 Å². The summed E-state index contributed by atoms with van der Waals surface area (Å²) in [5.74, 6) is 0. The highest BCUT2D eigenvalue weighted by molar-refractivity contribution is 7.86. The van der Waals surface area contributed by atoms with Crippen molar-refractivity contribution in [3.8, 4) is 0 Å². The van der Waals surface area contributed by atoms with E-state index in [0.29, 0.717) is 0 Å². The van der Waals surface area contributed by atoms with Gasteiger partial charge >= 0.3 is 5.51 Å². The third kappa shape index (κ3) is 7.24. The zero-order valence-electron chi connectivity index (χ0n) is 22.9. The number of aryl methyl sites for hydroxylation is 6. The van der Waals surface area contributed by atoms with Gasteiger partial charge in [0.15, 0.2) is 10.1 Å². The lowest BCUT2D eigenvalue weighted by atomic mass is 9.33. The van der Waals surface area contributed by atoms with Gasteiger partial charge < -0.3 is 4.55 Å². The summed E-state index contributed by atoms with van der Waals surface area (Å²) in [7, 11) is 0.700. The molecule has 0 saturated heterocycles. The van der Waals surface area contributed by atoms with Crippen LogP contribution in [-0.2, 0) is 10.1 Å². The highest BCUT2D eigenvalue weighted by atomic mass is 32.2. The molecule has 0 N–H and O–H groups in total. The van der Waals surface area contributed by atoms with E-state index >= 15 is 0 Å². The van der Waals surface area contributed by atoms with Crippen molar-refractivity contribution >= 4 is 38.9 Å².